The van der Waals surface area contributed by atoms with Crippen molar-refractivity contribution in [2.24, 2.45) is 0 Å². The van der Waals surface area contributed by atoms with Gasteiger partial charge in [0, 0.05) is 29.7 Å². The monoisotopic (exact) mass is 409 g/mol. The number of hydrogen-bond donors (Lipinski definition) is 1. The third-order valence-corrected chi connectivity index (χ3v) is 4.55. The zero-order chi connectivity index (χ0) is 21.9. The van der Waals surface area contributed by atoms with Crippen LogP contribution in [0.25, 0.3) is 0 Å². The smallest absolute Gasteiger partial charge is 0.306 e. The van der Waals surface area contributed by atoms with Gasteiger partial charge in [-0.15, -0.1) is 0 Å². The molecule has 158 valence electrons. The molecule has 30 heavy (non-hydrogen) atoms. The van der Waals surface area contributed by atoms with E-state index in [-0.39, 0.29) is 36.9 Å². The third-order valence-electron chi connectivity index (χ3n) is 4.55. The molecule has 0 heterocycles. The molecule has 0 aliphatic rings. The van der Waals surface area contributed by atoms with Gasteiger partial charge in [0.15, 0.2) is 18.2 Å². The van der Waals surface area contributed by atoms with Gasteiger partial charge in [0.2, 0.25) is 5.91 Å². The molecule has 0 bridgehead atoms. The number of amides is 1. The highest BCUT2D eigenvalue weighted by Gasteiger charge is 2.13. The number of ether oxygens (including phenoxy) is 1. The number of benzene rings is 2. The molecule has 0 saturated heterocycles. The van der Waals surface area contributed by atoms with E-state index in [1.165, 1.54) is 5.56 Å². The molecule has 0 atom stereocenters. The Labute approximate surface area is 176 Å². The standard InChI is InChI=1S/C24H27NO5/c1-3-5-17-6-8-18(9-7-17)21(26)14-15-24(29)30-16-22(27)19-10-12-20(13-11-19)25-23(28)4-2/h6-13H,3-5,14-16H2,1-2H3,(H,25,28). The largest absolute Gasteiger partial charge is 0.457 e. The van der Waals surface area contributed by atoms with E-state index in [9.17, 15) is 19.2 Å². The number of carbonyl (C=O) groups excluding carboxylic acids is 4. The molecular weight excluding hydrogens is 382 g/mol. The lowest BCUT2D eigenvalue weighted by molar-refractivity contribution is -0.142. The molecule has 0 aromatic heterocycles. The van der Waals surface area contributed by atoms with Crippen LogP contribution in [0.2, 0.25) is 0 Å². The minimum Gasteiger partial charge on any atom is -0.457 e. The first-order valence-corrected chi connectivity index (χ1v) is 10.1. The van der Waals surface area contributed by atoms with Crippen LogP contribution >= 0.6 is 0 Å². The summed E-state index contributed by atoms with van der Waals surface area (Å²) in [6.45, 7) is 3.45. The first kappa shape index (κ1) is 23.0. The van der Waals surface area contributed by atoms with Crippen molar-refractivity contribution in [3.63, 3.8) is 0 Å². The summed E-state index contributed by atoms with van der Waals surface area (Å²) < 4.78 is 5.00. The molecule has 2 aromatic carbocycles. The summed E-state index contributed by atoms with van der Waals surface area (Å²) in [4.78, 5) is 47.6. The molecule has 2 rings (SSSR count). The maximum Gasteiger partial charge on any atom is 0.306 e. The topological polar surface area (TPSA) is 89.5 Å². The SMILES string of the molecule is CCCc1ccc(C(=O)CCC(=O)OCC(=O)c2ccc(NC(=O)CC)cc2)cc1. The molecular formula is C24H27NO5. The second kappa shape index (κ2) is 11.7. The van der Waals surface area contributed by atoms with Crippen LogP contribution in [-0.4, -0.2) is 30.0 Å². The van der Waals surface area contributed by atoms with Gasteiger partial charge in [0.25, 0.3) is 0 Å². The Kier molecular flexibility index (Phi) is 8.94. The summed E-state index contributed by atoms with van der Waals surface area (Å²) >= 11 is 0. The third kappa shape index (κ3) is 7.28. The summed E-state index contributed by atoms with van der Waals surface area (Å²) in [6.07, 6.45) is 2.32. The van der Waals surface area contributed by atoms with Crippen LogP contribution in [0.3, 0.4) is 0 Å². The maximum atomic E-state index is 12.2. The van der Waals surface area contributed by atoms with Crippen molar-refractivity contribution in [1.82, 2.24) is 0 Å². The molecule has 0 aliphatic heterocycles. The fourth-order valence-electron chi connectivity index (χ4n) is 2.80. The van der Waals surface area contributed by atoms with E-state index in [0.717, 1.165) is 12.8 Å². The van der Waals surface area contributed by atoms with Crippen LogP contribution in [0.4, 0.5) is 5.69 Å². The molecule has 0 unspecified atom stereocenters. The predicted molar refractivity (Wildman–Crippen MR) is 115 cm³/mol. The van der Waals surface area contributed by atoms with Gasteiger partial charge in [-0.3, -0.25) is 19.2 Å². The van der Waals surface area contributed by atoms with Crippen LogP contribution in [0.5, 0.6) is 0 Å². The summed E-state index contributed by atoms with van der Waals surface area (Å²) in [6, 6.07) is 13.8. The number of anilines is 1. The van der Waals surface area contributed by atoms with Crippen LogP contribution in [0.15, 0.2) is 48.5 Å². The number of esters is 1. The Bertz CT molecular complexity index is 885. The number of rotatable bonds is 11. The van der Waals surface area contributed by atoms with Gasteiger partial charge in [-0.05, 0) is 36.2 Å². The van der Waals surface area contributed by atoms with Crippen molar-refractivity contribution in [2.45, 2.75) is 46.0 Å². The van der Waals surface area contributed by atoms with E-state index < -0.39 is 5.97 Å². The quantitative estimate of drug-likeness (QED) is 0.439. The van der Waals surface area contributed by atoms with Crippen LogP contribution in [-0.2, 0) is 20.7 Å². The summed E-state index contributed by atoms with van der Waals surface area (Å²) in [5.74, 6) is -1.19. The summed E-state index contributed by atoms with van der Waals surface area (Å²) in [5, 5.41) is 2.69. The fourth-order valence-corrected chi connectivity index (χ4v) is 2.80. The number of ketones is 2. The Morgan fingerprint density at radius 2 is 1.40 bits per heavy atom. The van der Waals surface area contributed by atoms with Crippen molar-refractivity contribution in [3.8, 4) is 0 Å². The molecule has 0 aliphatic carbocycles. The molecule has 1 amide bonds. The maximum absolute atomic E-state index is 12.2. The number of Topliss-reactive ketones (excluding diaryl/α,β-unsaturated/α-hetero) is 2. The number of hydrogen-bond acceptors (Lipinski definition) is 5. The highest BCUT2D eigenvalue weighted by atomic mass is 16.5. The van der Waals surface area contributed by atoms with Crippen LogP contribution in [0, 0.1) is 0 Å². The lowest BCUT2D eigenvalue weighted by Gasteiger charge is -2.07. The van der Waals surface area contributed by atoms with Gasteiger partial charge in [-0.2, -0.15) is 0 Å². The Morgan fingerprint density at radius 3 is 2.00 bits per heavy atom. The van der Waals surface area contributed by atoms with E-state index in [4.69, 9.17) is 4.74 Å². The molecule has 6 heteroatoms. The van der Waals surface area contributed by atoms with Gasteiger partial charge < -0.3 is 10.1 Å². The van der Waals surface area contributed by atoms with Crippen molar-refractivity contribution in [1.29, 1.82) is 0 Å². The van der Waals surface area contributed by atoms with Crippen LogP contribution < -0.4 is 5.32 Å². The van der Waals surface area contributed by atoms with Crippen molar-refractivity contribution in [3.05, 3.63) is 65.2 Å². The normalized spacial score (nSPS) is 10.3. The van der Waals surface area contributed by atoms with Gasteiger partial charge in [0.05, 0.1) is 6.42 Å². The first-order valence-electron chi connectivity index (χ1n) is 10.1. The second-order valence-electron chi connectivity index (χ2n) is 6.93. The lowest BCUT2D eigenvalue weighted by atomic mass is 10.0. The summed E-state index contributed by atoms with van der Waals surface area (Å²) in [7, 11) is 0. The second-order valence-corrected chi connectivity index (χ2v) is 6.93. The van der Waals surface area contributed by atoms with Gasteiger partial charge in [0.1, 0.15) is 0 Å². The van der Waals surface area contributed by atoms with E-state index in [1.807, 2.05) is 12.1 Å². The van der Waals surface area contributed by atoms with Crippen LogP contribution in [0.1, 0.15) is 65.8 Å². The highest BCUT2D eigenvalue weighted by molar-refractivity contribution is 5.99. The molecule has 0 spiro atoms. The van der Waals surface area contributed by atoms with Crippen molar-refractivity contribution < 1.29 is 23.9 Å². The fraction of sp³-hybridized carbons (Fsp3) is 0.333. The molecule has 1 N–H and O–H groups in total. The van der Waals surface area contributed by atoms with Gasteiger partial charge in [-0.25, -0.2) is 0 Å². The number of carbonyl (C=O) groups is 4. The Morgan fingerprint density at radius 1 is 0.800 bits per heavy atom. The molecule has 2 aromatic rings. The highest BCUT2D eigenvalue weighted by Crippen LogP contribution is 2.12. The average molecular weight is 409 g/mol. The molecule has 6 nitrogen and oxygen atoms in total. The Hall–Kier alpha value is -3.28. The van der Waals surface area contributed by atoms with Gasteiger partial charge in [-0.1, -0.05) is 44.5 Å². The zero-order valence-electron chi connectivity index (χ0n) is 17.4. The first-order chi connectivity index (χ1) is 14.4. The zero-order valence-corrected chi connectivity index (χ0v) is 17.4. The van der Waals surface area contributed by atoms with Crippen molar-refractivity contribution >= 4 is 29.1 Å². The Balaban J connectivity index is 1.76. The van der Waals surface area contributed by atoms with E-state index in [2.05, 4.69) is 12.2 Å². The number of nitrogens with one attached hydrogen (secondary N) is 1. The predicted octanol–water partition coefficient (Wildman–Crippen LogP) is 4.38. The molecule has 0 radical (unpaired) electrons. The molecule has 0 saturated carbocycles. The lowest BCUT2D eigenvalue weighted by Crippen LogP contribution is -2.15. The van der Waals surface area contributed by atoms with E-state index in [0.29, 0.717) is 23.2 Å². The van der Waals surface area contributed by atoms with Crippen molar-refractivity contribution in [2.75, 3.05) is 11.9 Å². The van der Waals surface area contributed by atoms with E-state index in [1.54, 1.807) is 43.3 Å². The average Bonchev–Trinajstić information content (AvgIpc) is 2.77. The molecule has 0 fully saturated rings. The number of aryl methyl sites for hydroxylation is 1. The van der Waals surface area contributed by atoms with Gasteiger partial charge >= 0.3 is 5.97 Å². The van der Waals surface area contributed by atoms with E-state index >= 15 is 0 Å². The minimum absolute atomic E-state index is 0.0337. The minimum atomic E-state index is -0.592. The summed E-state index contributed by atoms with van der Waals surface area (Å²) in [5.41, 5.74) is 2.71.